The lowest BCUT2D eigenvalue weighted by atomic mass is 10.3. The number of anilines is 1. The summed E-state index contributed by atoms with van der Waals surface area (Å²) in [5.74, 6) is 0. The normalized spacial score (nSPS) is 11.5. The molecule has 0 amide bonds. The molecule has 2 aromatic heterocycles. The summed E-state index contributed by atoms with van der Waals surface area (Å²) in [6, 6.07) is 7.82. The summed E-state index contributed by atoms with van der Waals surface area (Å²) in [5, 5.41) is 25.3. The Hall–Kier alpha value is -2.06. The first-order chi connectivity index (χ1) is 13.4. The van der Waals surface area contributed by atoms with Gasteiger partial charge >= 0.3 is 0 Å². The van der Waals surface area contributed by atoms with Crippen molar-refractivity contribution in [1.29, 1.82) is 0 Å². The molecule has 148 valence electrons. The first-order valence-electron chi connectivity index (χ1n) is 7.88. The van der Waals surface area contributed by atoms with Crippen LogP contribution in [0, 0.1) is 10.1 Å². The molecule has 0 aliphatic heterocycles. The summed E-state index contributed by atoms with van der Waals surface area (Å²) in [7, 11) is -2.52. The van der Waals surface area contributed by atoms with Gasteiger partial charge in [-0.15, -0.1) is 21.5 Å². The van der Waals surface area contributed by atoms with Gasteiger partial charge in [-0.1, -0.05) is 17.4 Å². The number of hydrogen-bond acceptors (Lipinski definition) is 10. The molecule has 13 heteroatoms. The molecule has 0 saturated carbocycles. The Morgan fingerprint density at radius 3 is 2.79 bits per heavy atom. The van der Waals surface area contributed by atoms with Gasteiger partial charge in [-0.25, -0.2) is 13.1 Å². The topological polar surface area (TPSA) is 127 Å². The standard InChI is InChI=1S/C15H15N5O4S4/c1-16-28(23,24)11-4-5-13(12(9-11)20(21)22)26-15-19-18-14(27-15)17-7-6-10-3-2-8-25-10/h2-5,8-9,16H,6-7H2,1H3,(H,17,18). The van der Waals surface area contributed by atoms with Crippen LogP contribution in [0.5, 0.6) is 0 Å². The Morgan fingerprint density at radius 2 is 2.11 bits per heavy atom. The number of rotatable bonds is 9. The minimum absolute atomic E-state index is 0.167. The maximum absolute atomic E-state index is 11.9. The van der Waals surface area contributed by atoms with E-state index < -0.39 is 14.9 Å². The molecule has 3 rings (SSSR count). The zero-order chi connectivity index (χ0) is 20.1. The van der Waals surface area contributed by atoms with Crippen molar-refractivity contribution in [2.24, 2.45) is 0 Å². The van der Waals surface area contributed by atoms with Gasteiger partial charge in [0.2, 0.25) is 15.2 Å². The molecule has 0 bridgehead atoms. The van der Waals surface area contributed by atoms with Crippen LogP contribution in [0.25, 0.3) is 0 Å². The summed E-state index contributed by atoms with van der Waals surface area (Å²) in [4.78, 5) is 12.1. The average Bonchev–Trinajstić information content (AvgIpc) is 3.34. The van der Waals surface area contributed by atoms with Crippen LogP contribution >= 0.6 is 34.4 Å². The molecule has 0 fully saturated rings. The molecule has 2 heterocycles. The Labute approximate surface area is 173 Å². The number of nitrogens with zero attached hydrogens (tertiary/aromatic N) is 3. The fourth-order valence-corrected chi connectivity index (χ4v) is 5.45. The third-order valence-corrected chi connectivity index (χ3v) is 7.88. The number of aromatic nitrogens is 2. The molecule has 1 aromatic carbocycles. The number of nitrogens with one attached hydrogen (secondary N) is 2. The molecule has 3 aromatic rings. The van der Waals surface area contributed by atoms with Crippen molar-refractivity contribution in [3.8, 4) is 0 Å². The highest BCUT2D eigenvalue weighted by molar-refractivity contribution is 8.01. The SMILES string of the molecule is CNS(=O)(=O)c1ccc(Sc2nnc(NCCc3cccs3)s2)c([N+](=O)[O-])c1. The van der Waals surface area contributed by atoms with Crippen LogP contribution in [0.3, 0.4) is 0 Å². The minimum atomic E-state index is -3.77. The Kier molecular flexibility index (Phi) is 6.61. The van der Waals surface area contributed by atoms with Crippen LogP contribution in [0.15, 0.2) is 49.8 Å². The van der Waals surface area contributed by atoms with Gasteiger partial charge in [-0.05, 0) is 48.8 Å². The molecule has 0 saturated heterocycles. The number of sulfonamides is 1. The van der Waals surface area contributed by atoms with Crippen LogP contribution < -0.4 is 10.0 Å². The van der Waals surface area contributed by atoms with E-state index in [-0.39, 0.29) is 10.6 Å². The zero-order valence-corrected chi connectivity index (χ0v) is 17.8. The highest BCUT2D eigenvalue weighted by Gasteiger charge is 2.22. The van der Waals surface area contributed by atoms with E-state index in [1.165, 1.54) is 35.4 Å². The molecule has 9 nitrogen and oxygen atoms in total. The van der Waals surface area contributed by atoms with Crippen molar-refractivity contribution in [3.05, 3.63) is 50.7 Å². The summed E-state index contributed by atoms with van der Waals surface area (Å²) < 4.78 is 26.4. The first kappa shape index (κ1) is 20.7. The van der Waals surface area contributed by atoms with Gasteiger partial charge in [0, 0.05) is 17.5 Å². The maximum atomic E-state index is 11.9. The third-order valence-electron chi connectivity index (χ3n) is 3.54. The van der Waals surface area contributed by atoms with Crippen molar-refractivity contribution < 1.29 is 13.3 Å². The van der Waals surface area contributed by atoms with E-state index in [9.17, 15) is 18.5 Å². The summed E-state index contributed by atoms with van der Waals surface area (Å²) in [6.45, 7) is 0.705. The predicted octanol–water partition coefficient (Wildman–Crippen LogP) is 3.22. The molecule has 0 aliphatic carbocycles. The molecular formula is C15H15N5O4S4. The van der Waals surface area contributed by atoms with Crippen LogP contribution in [-0.2, 0) is 16.4 Å². The lowest BCUT2D eigenvalue weighted by Gasteiger charge is -2.05. The second kappa shape index (κ2) is 8.96. The van der Waals surface area contributed by atoms with E-state index in [1.807, 2.05) is 11.4 Å². The Morgan fingerprint density at radius 1 is 1.29 bits per heavy atom. The van der Waals surface area contributed by atoms with Gasteiger partial charge in [0.05, 0.1) is 14.7 Å². The molecule has 0 spiro atoms. The van der Waals surface area contributed by atoms with Crippen LogP contribution in [-0.4, -0.2) is 37.1 Å². The fraction of sp³-hybridized carbons (Fsp3) is 0.200. The number of hydrogen-bond donors (Lipinski definition) is 2. The van der Waals surface area contributed by atoms with E-state index in [1.54, 1.807) is 11.3 Å². The van der Waals surface area contributed by atoms with E-state index in [0.29, 0.717) is 20.9 Å². The second-order valence-electron chi connectivity index (χ2n) is 5.33. The molecule has 0 unspecified atom stereocenters. The van der Waals surface area contributed by atoms with Crippen molar-refractivity contribution in [2.45, 2.75) is 20.6 Å². The fourth-order valence-electron chi connectivity index (χ4n) is 2.18. The van der Waals surface area contributed by atoms with Gasteiger partial charge in [0.1, 0.15) is 0 Å². The molecular weight excluding hydrogens is 442 g/mol. The van der Waals surface area contributed by atoms with Gasteiger partial charge in [0.15, 0.2) is 4.34 Å². The lowest BCUT2D eigenvalue weighted by Crippen LogP contribution is -2.18. The number of nitro groups is 1. The minimum Gasteiger partial charge on any atom is -0.360 e. The molecule has 0 radical (unpaired) electrons. The summed E-state index contributed by atoms with van der Waals surface area (Å²) in [5.41, 5.74) is -0.302. The summed E-state index contributed by atoms with van der Waals surface area (Å²) >= 11 is 4.04. The van der Waals surface area contributed by atoms with Crippen molar-refractivity contribution in [3.63, 3.8) is 0 Å². The molecule has 28 heavy (non-hydrogen) atoms. The van der Waals surface area contributed by atoms with Crippen molar-refractivity contribution in [1.82, 2.24) is 14.9 Å². The highest BCUT2D eigenvalue weighted by atomic mass is 32.2. The van der Waals surface area contributed by atoms with Crippen LogP contribution in [0.1, 0.15) is 4.88 Å². The van der Waals surface area contributed by atoms with E-state index >= 15 is 0 Å². The Balaban J connectivity index is 1.71. The van der Waals surface area contributed by atoms with Crippen LogP contribution in [0.4, 0.5) is 10.8 Å². The van der Waals surface area contributed by atoms with Gasteiger partial charge in [0.25, 0.3) is 5.69 Å². The van der Waals surface area contributed by atoms with Crippen molar-refractivity contribution in [2.75, 3.05) is 18.9 Å². The smallest absolute Gasteiger partial charge is 0.284 e. The van der Waals surface area contributed by atoms with Crippen molar-refractivity contribution >= 4 is 55.3 Å². The molecule has 0 aliphatic rings. The van der Waals surface area contributed by atoms with E-state index in [0.717, 1.165) is 24.2 Å². The monoisotopic (exact) mass is 457 g/mol. The van der Waals surface area contributed by atoms with E-state index in [4.69, 9.17) is 0 Å². The highest BCUT2D eigenvalue weighted by Crippen LogP contribution is 2.38. The molecule has 2 N–H and O–H groups in total. The largest absolute Gasteiger partial charge is 0.360 e. The third kappa shape index (κ3) is 5.05. The quantitative estimate of drug-likeness (QED) is 0.370. The second-order valence-corrected chi connectivity index (χ2v) is 10.5. The van der Waals surface area contributed by atoms with Crippen LogP contribution in [0.2, 0.25) is 0 Å². The average molecular weight is 458 g/mol. The molecule has 0 atom stereocenters. The Bertz CT molecular complexity index is 1070. The number of nitro benzene ring substituents is 1. The van der Waals surface area contributed by atoms with Gasteiger partial charge < -0.3 is 5.32 Å². The van der Waals surface area contributed by atoms with E-state index in [2.05, 4.69) is 26.3 Å². The van der Waals surface area contributed by atoms with Gasteiger partial charge in [-0.3, -0.25) is 10.1 Å². The summed E-state index contributed by atoms with van der Waals surface area (Å²) in [6.07, 6.45) is 0.868. The number of benzene rings is 1. The zero-order valence-electron chi connectivity index (χ0n) is 14.5. The first-order valence-corrected chi connectivity index (χ1v) is 11.9. The lowest BCUT2D eigenvalue weighted by molar-refractivity contribution is -0.388. The van der Waals surface area contributed by atoms with Gasteiger partial charge in [-0.2, -0.15) is 0 Å². The maximum Gasteiger partial charge on any atom is 0.284 e. The predicted molar refractivity (Wildman–Crippen MR) is 110 cm³/mol. The number of thiophene rings is 1.